The van der Waals surface area contributed by atoms with Crippen LogP contribution < -0.4 is 5.32 Å². The van der Waals surface area contributed by atoms with Gasteiger partial charge in [-0.05, 0) is 49.9 Å². The van der Waals surface area contributed by atoms with Crippen LogP contribution in [0.1, 0.15) is 41.9 Å². The van der Waals surface area contributed by atoms with Gasteiger partial charge in [-0.15, -0.1) is 5.10 Å². The summed E-state index contributed by atoms with van der Waals surface area (Å²) in [5.74, 6) is 1.30. The Morgan fingerprint density at radius 2 is 2.04 bits per heavy atom. The number of nitrogens with zero attached hydrogens (tertiary/aromatic N) is 4. The maximum atomic E-state index is 12.4. The fourth-order valence-electron chi connectivity index (χ4n) is 3.34. The van der Waals surface area contributed by atoms with E-state index in [1.165, 1.54) is 0 Å². The van der Waals surface area contributed by atoms with E-state index in [1.54, 1.807) is 29.0 Å². The van der Waals surface area contributed by atoms with E-state index in [0.29, 0.717) is 23.1 Å². The van der Waals surface area contributed by atoms with Crippen LogP contribution >= 0.6 is 0 Å². The van der Waals surface area contributed by atoms with Crippen LogP contribution in [-0.2, 0) is 6.42 Å². The number of fused-ring (bicyclic) bond motifs is 1. The molecule has 0 radical (unpaired) electrons. The van der Waals surface area contributed by atoms with E-state index < -0.39 is 0 Å². The Labute approximate surface area is 151 Å². The first-order valence-electron chi connectivity index (χ1n) is 8.91. The average Bonchev–Trinajstić information content (AvgIpc) is 3.08. The molecule has 134 valence electrons. The molecule has 1 saturated carbocycles. The number of aliphatic hydroxyl groups excluding tert-OH is 1. The number of nitrogens with one attached hydrogen (secondary N) is 1. The molecule has 1 fully saturated rings. The maximum Gasteiger partial charge on any atom is 0.172 e. The summed E-state index contributed by atoms with van der Waals surface area (Å²) in [4.78, 5) is 20.8. The van der Waals surface area contributed by atoms with Crippen molar-refractivity contribution in [2.75, 3.05) is 5.32 Å². The smallest absolute Gasteiger partial charge is 0.172 e. The van der Waals surface area contributed by atoms with Crippen LogP contribution in [-0.4, -0.2) is 42.6 Å². The number of hydrogen-bond acceptors (Lipinski definition) is 6. The SMILES string of the molecule is O=C(Cc1nc2cccc(NC3CCC(O)CC3)n2n1)c1cccnc1. The van der Waals surface area contributed by atoms with Gasteiger partial charge in [0.25, 0.3) is 0 Å². The summed E-state index contributed by atoms with van der Waals surface area (Å²) in [6.07, 6.45) is 6.65. The number of anilines is 1. The average molecular weight is 351 g/mol. The largest absolute Gasteiger partial charge is 0.393 e. The minimum atomic E-state index is -0.180. The summed E-state index contributed by atoms with van der Waals surface area (Å²) in [5.41, 5.74) is 1.27. The summed E-state index contributed by atoms with van der Waals surface area (Å²) in [7, 11) is 0. The summed E-state index contributed by atoms with van der Waals surface area (Å²) in [6, 6.07) is 9.56. The van der Waals surface area contributed by atoms with Crippen molar-refractivity contribution in [3.05, 3.63) is 54.1 Å². The Hall–Kier alpha value is -2.80. The number of ketones is 1. The third kappa shape index (κ3) is 3.57. The lowest BCUT2D eigenvalue weighted by Gasteiger charge is -2.26. The second-order valence-electron chi connectivity index (χ2n) is 6.70. The van der Waals surface area contributed by atoms with Gasteiger partial charge in [0.2, 0.25) is 0 Å². The molecule has 1 aliphatic carbocycles. The zero-order valence-corrected chi connectivity index (χ0v) is 14.4. The van der Waals surface area contributed by atoms with Gasteiger partial charge < -0.3 is 10.4 Å². The van der Waals surface area contributed by atoms with Crippen molar-refractivity contribution in [1.29, 1.82) is 0 Å². The molecule has 0 aromatic carbocycles. The van der Waals surface area contributed by atoms with Crippen molar-refractivity contribution in [2.24, 2.45) is 0 Å². The topological polar surface area (TPSA) is 92.4 Å². The minimum Gasteiger partial charge on any atom is -0.393 e. The van der Waals surface area contributed by atoms with Gasteiger partial charge in [0.05, 0.1) is 12.5 Å². The van der Waals surface area contributed by atoms with Gasteiger partial charge in [-0.25, -0.2) is 4.98 Å². The zero-order valence-electron chi connectivity index (χ0n) is 14.4. The molecule has 2 N–H and O–H groups in total. The van der Waals surface area contributed by atoms with Crippen LogP contribution in [0.25, 0.3) is 5.65 Å². The van der Waals surface area contributed by atoms with Crippen molar-refractivity contribution < 1.29 is 9.90 Å². The molecule has 4 rings (SSSR count). The molecule has 3 aromatic heterocycles. The quantitative estimate of drug-likeness (QED) is 0.685. The lowest BCUT2D eigenvalue weighted by Crippen LogP contribution is -2.29. The molecule has 0 saturated heterocycles. The molecule has 0 aliphatic heterocycles. The van der Waals surface area contributed by atoms with Gasteiger partial charge in [0, 0.05) is 24.0 Å². The van der Waals surface area contributed by atoms with Gasteiger partial charge in [-0.3, -0.25) is 9.78 Å². The first-order chi connectivity index (χ1) is 12.7. The lowest BCUT2D eigenvalue weighted by molar-refractivity contribution is 0.0990. The van der Waals surface area contributed by atoms with Crippen LogP contribution in [0, 0.1) is 0 Å². The highest BCUT2D eigenvalue weighted by Crippen LogP contribution is 2.22. The number of carbonyl (C=O) groups excluding carboxylic acids is 1. The van der Waals surface area contributed by atoms with Crippen molar-refractivity contribution in [3.63, 3.8) is 0 Å². The van der Waals surface area contributed by atoms with Crippen molar-refractivity contribution in [1.82, 2.24) is 19.6 Å². The summed E-state index contributed by atoms with van der Waals surface area (Å²) >= 11 is 0. The Morgan fingerprint density at radius 1 is 1.19 bits per heavy atom. The number of hydrogen-bond donors (Lipinski definition) is 2. The lowest BCUT2D eigenvalue weighted by atomic mass is 9.93. The predicted octanol–water partition coefficient (Wildman–Crippen LogP) is 2.27. The first-order valence-corrected chi connectivity index (χ1v) is 8.91. The van der Waals surface area contributed by atoms with E-state index in [0.717, 1.165) is 31.5 Å². The second-order valence-corrected chi connectivity index (χ2v) is 6.70. The number of aromatic nitrogens is 4. The van der Waals surface area contributed by atoms with Crippen LogP contribution in [0.4, 0.5) is 5.82 Å². The second kappa shape index (κ2) is 7.21. The Balaban J connectivity index is 1.53. The third-order valence-electron chi connectivity index (χ3n) is 4.75. The first kappa shape index (κ1) is 16.7. The number of carbonyl (C=O) groups is 1. The fourth-order valence-corrected chi connectivity index (χ4v) is 3.34. The molecular formula is C19H21N5O2. The van der Waals surface area contributed by atoms with Crippen molar-refractivity contribution >= 4 is 17.2 Å². The number of pyridine rings is 2. The Bertz CT molecular complexity index is 901. The number of Topliss-reactive ketones (excluding diaryl/α,β-unsaturated/α-hetero) is 1. The van der Waals surface area contributed by atoms with E-state index in [1.807, 2.05) is 18.2 Å². The van der Waals surface area contributed by atoms with E-state index in [9.17, 15) is 9.90 Å². The van der Waals surface area contributed by atoms with Gasteiger partial charge >= 0.3 is 0 Å². The summed E-state index contributed by atoms with van der Waals surface area (Å²) in [6.45, 7) is 0. The standard InChI is InChI=1S/C19H21N5O2/c25-15-8-6-14(7-9-15)21-18-4-1-5-19-22-17(23-24(18)19)11-16(26)13-3-2-10-20-12-13/h1-5,10,12,14-15,21,25H,6-9,11H2. The van der Waals surface area contributed by atoms with E-state index in [-0.39, 0.29) is 18.3 Å². The van der Waals surface area contributed by atoms with Gasteiger partial charge in [-0.1, -0.05) is 6.07 Å². The molecule has 0 bridgehead atoms. The number of rotatable bonds is 5. The Kier molecular flexibility index (Phi) is 4.62. The Morgan fingerprint density at radius 3 is 2.81 bits per heavy atom. The predicted molar refractivity (Wildman–Crippen MR) is 97.1 cm³/mol. The van der Waals surface area contributed by atoms with Crippen LogP contribution in [0.5, 0.6) is 0 Å². The highest BCUT2D eigenvalue weighted by Gasteiger charge is 2.20. The van der Waals surface area contributed by atoms with Gasteiger partial charge in [0.15, 0.2) is 17.3 Å². The van der Waals surface area contributed by atoms with Crippen molar-refractivity contribution in [3.8, 4) is 0 Å². The highest BCUT2D eigenvalue weighted by molar-refractivity contribution is 5.96. The fraction of sp³-hybridized carbons (Fsp3) is 0.368. The van der Waals surface area contributed by atoms with E-state index in [4.69, 9.17) is 0 Å². The molecule has 0 spiro atoms. The summed E-state index contributed by atoms with van der Waals surface area (Å²) in [5, 5.41) is 17.7. The van der Waals surface area contributed by atoms with Gasteiger partial charge in [-0.2, -0.15) is 4.52 Å². The monoisotopic (exact) mass is 351 g/mol. The normalized spacial score (nSPS) is 20.2. The molecular weight excluding hydrogens is 330 g/mol. The molecule has 1 aliphatic rings. The molecule has 3 aromatic rings. The zero-order chi connectivity index (χ0) is 17.9. The maximum absolute atomic E-state index is 12.4. The molecule has 0 atom stereocenters. The van der Waals surface area contributed by atoms with Gasteiger partial charge in [0.1, 0.15) is 5.82 Å². The van der Waals surface area contributed by atoms with E-state index >= 15 is 0 Å². The van der Waals surface area contributed by atoms with Crippen LogP contribution in [0.3, 0.4) is 0 Å². The number of aliphatic hydroxyl groups is 1. The molecule has 0 unspecified atom stereocenters. The molecule has 7 heteroatoms. The minimum absolute atomic E-state index is 0.0511. The van der Waals surface area contributed by atoms with Crippen molar-refractivity contribution in [2.45, 2.75) is 44.2 Å². The molecule has 3 heterocycles. The van der Waals surface area contributed by atoms with Crippen LogP contribution in [0.2, 0.25) is 0 Å². The summed E-state index contributed by atoms with van der Waals surface area (Å²) < 4.78 is 1.75. The molecule has 0 amide bonds. The van der Waals surface area contributed by atoms with Crippen LogP contribution in [0.15, 0.2) is 42.7 Å². The molecule has 7 nitrogen and oxygen atoms in total. The molecule has 26 heavy (non-hydrogen) atoms. The third-order valence-corrected chi connectivity index (χ3v) is 4.75. The van der Waals surface area contributed by atoms with E-state index in [2.05, 4.69) is 20.4 Å². The highest BCUT2D eigenvalue weighted by atomic mass is 16.3.